The number of nitrogens with zero attached hydrogens (tertiary/aromatic N) is 1. The molecule has 4 rings (SSSR count). The Morgan fingerprint density at radius 3 is 2.67 bits per heavy atom. The Hall–Kier alpha value is -3.25. The second-order valence-corrected chi connectivity index (χ2v) is 7.43. The number of nitrogens with one attached hydrogen (secondary N) is 2. The predicted octanol–water partition coefficient (Wildman–Crippen LogP) is 3.05. The number of aromatic nitrogens is 1. The third kappa shape index (κ3) is 3.66. The molecule has 5 N–H and O–H groups in total. The predicted molar refractivity (Wildman–Crippen MR) is 104 cm³/mol. The molecule has 1 aromatic heterocycles. The molecule has 6 nitrogen and oxygen atoms in total. The first-order chi connectivity index (χ1) is 14.2. The molecule has 0 spiro atoms. The third-order valence-electron chi connectivity index (χ3n) is 5.13. The van der Waals surface area contributed by atoms with Crippen LogP contribution in [0.4, 0.5) is 29.5 Å². The van der Waals surface area contributed by atoms with Crippen LogP contribution < -0.4 is 16.4 Å². The molecule has 1 aliphatic carbocycles. The number of aliphatic hydroxyl groups excluding tert-OH is 1. The van der Waals surface area contributed by atoms with Crippen molar-refractivity contribution in [3.63, 3.8) is 0 Å². The zero-order valence-corrected chi connectivity index (χ0v) is 15.8. The normalized spacial score (nSPS) is 20.5. The van der Waals surface area contributed by atoms with Crippen molar-refractivity contribution in [1.82, 2.24) is 10.3 Å². The highest BCUT2D eigenvalue weighted by molar-refractivity contribution is 5.95. The molecule has 9 heteroatoms. The number of benzene rings is 1. The molecule has 30 heavy (non-hydrogen) atoms. The van der Waals surface area contributed by atoms with Crippen LogP contribution in [0.3, 0.4) is 0 Å². The molecular formula is C21H19F3N4O2. The Labute approximate surface area is 170 Å². The zero-order valence-electron chi connectivity index (χ0n) is 15.8. The fourth-order valence-electron chi connectivity index (χ4n) is 3.34. The SMILES string of the molecule is Nc1nc(Cc2ccc3c(c2)NC(=O)N[C@]3(C#CC2CC2)C(F)(F)F)ccc1CO. The maximum absolute atomic E-state index is 14.1. The highest BCUT2D eigenvalue weighted by Gasteiger charge is 2.59. The number of anilines is 2. The van der Waals surface area contributed by atoms with Crippen molar-refractivity contribution >= 4 is 17.5 Å². The van der Waals surface area contributed by atoms with Crippen LogP contribution in [0.2, 0.25) is 0 Å². The lowest BCUT2D eigenvalue weighted by molar-refractivity contribution is -0.178. The van der Waals surface area contributed by atoms with E-state index in [0.29, 0.717) is 23.2 Å². The quantitative estimate of drug-likeness (QED) is 0.578. The van der Waals surface area contributed by atoms with Gasteiger partial charge in [0.15, 0.2) is 0 Å². The second-order valence-electron chi connectivity index (χ2n) is 7.43. The summed E-state index contributed by atoms with van der Waals surface area (Å²) in [4.78, 5) is 16.3. The molecule has 0 bridgehead atoms. The van der Waals surface area contributed by atoms with Gasteiger partial charge in [-0.25, -0.2) is 9.78 Å². The summed E-state index contributed by atoms with van der Waals surface area (Å²) < 4.78 is 42.3. The minimum atomic E-state index is -4.79. The molecule has 2 aliphatic rings. The molecule has 2 heterocycles. The number of urea groups is 1. The first-order valence-corrected chi connectivity index (χ1v) is 9.39. The molecule has 0 unspecified atom stereocenters. The van der Waals surface area contributed by atoms with Crippen LogP contribution in [0.15, 0.2) is 30.3 Å². The highest BCUT2D eigenvalue weighted by atomic mass is 19.4. The van der Waals surface area contributed by atoms with Gasteiger partial charge in [-0.1, -0.05) is 30.0 Å². The Bertz CT molecular complexity index is 1070. The fraction of sp³-hybridized carbons (Fsp3) is 0.333. The van der Waals surface area contributed by atoms with Gasteiger partial charge in [0.05, 0.1) is 6.61 Å². The molecule has 2 amide bonds. The van der Waals surface area contributed by atoms with Crippen molar-refractivity contribution in [2.24, 2.45) is 5.92 Å². The summed E-state index contributed by atoms with van der Waals surface area (Å²) in [5.41, 5.74) is 4.66. The molecule has 1 saturated carbocycles. The van der Waals surface area contributed by atoms with Gasteiger partial charge in [-0.05, 0) is 30.5 Å². The van der Waals surface area contributed by atoms with Crippen molar-refractivity contribution < 1.29 is 23.1 Å². The van der Waals surface area contributed by atoms with Crippen LogP contribution in [-0.2, 0) is 18.6 Å². The largest absolute Gasteiger partial charge is 0.427 e. The average molecular weight is 416 g/mol. The molecule has 1 fully saturated rings. The van der Waals surface area contributed by atoms with Crippen molar-refractivity contribution in [3.05, 3.63) is 52.7 Å². The lowest BCUT2D eigenvalue weighted by Crippen LogP contribution is -2.59. The Kier molecular flexibility index (Phi) is 4.82. The summed E-state index contributed by atoms with van der Waals surface area (Å²) in [6.07, 6.45) is -2.97. The van der Waals surface area contributed by atoms with Crippen LogP contribution in [0.5, 0.6) is 0 Å². The number of pyridine rings is 1. The van der Waals surface area contributed by atoms with Gasteiger partial charge in [-0.2, -0.15) is 13.2 Å². The van der Waals surface area contributed by atoms with E-state index in [1.54, 1.807) is 18.2 Å². The van der Waals surface area contributed by atoms with Gasteiger partial charge in [0.25, 0.3) is 0 Å². The van der Waals surface area contributed by atoms with Gasteiger partial charge in [0.2, 0.25) is 5.54 Å². The number of hydrogen-bond donors (Lipinski definition) is 4. The summed E-state index contributed by atoms with van der Waals surface area (Å²) in [5, 5.41) is 13.6. The van der Waals surface area contributed by atoms with Crippen LogP contribution in [0, 0.1) is 17.8 Å². The first-order valence-electron chi connectivity index (χ1n) is 9.39. The number of alkyl halides is 3. The van der Waals surface area contributed by atoms with E-state index in [0.717, 1.165) is 12.8 Å². The number of nitrogen functional groups attached to an aromatic ring is 1. The number of amides is 2. The van der Waals surface area contributed by atoms with Crippen LogP contribution >= 0.6 is 0 Å². The van der Waals surface area contributed by atoms with E-state index in [4.69, 9.17) is 5.73 Å². The van der Waals surface area contributed by atoms with E-state index in [1.165, 1.54) is 12.1 Å². The third-order valence-corrected chi connectivity index (χ3v) is 5.13. The van der Waals surface area contributed by atoms with Gasteiger partial charge in [-0.3, -0.25) is 0 Å². The molecule has 0 radical (unpaired) electrons. The Morgan fingerprint density at radius 2 is 2.03 bits per heavy atom. The molecule has 0 saturated heterocycles. The number of halogens is 3. The van der Waals surface area contributed by atoms with Gasteiger partial charge in [-0.15, -0.1) is 0 Å². The Balaban J connectivity index is 1.72. The number of carbonyl (C=O) groups excluding carboxylic acids is 1. The van der Waals surface area contributed by atoms with Crippen molar-refractivity contribution in [3.8, 4) is 11.8 Å². The van der Waals surface area contributed by atoms with Crippen LogP contribution in [0.25, 0.3) is 0 Å². The number of fused-ring (bicyclic) bond motifs is 1. The number of aliphatic hydroxyl groups is 1. The maximum Gasteiger partial charge on any atom is 0.427 e. The molecule has 1 atom stereocenters. The fourth-order valence-corrected chi connectivity index (χ4v) is 3.34. The Morgan fingerprint density at radius 1 is 1.27 bits per heavy atom. The summed E-state index contributed by atoms with van der Waals surface area (Å²) in [6.45, 7) is -0.238. The summed E-state index contributed by atoms with van der Waals surface area (Å²) >= 11 is 0. The number of carbonyl (C=O) groups is 1. The van der Waals surface area contributed by atoms with E-state index < -0.39 is 17.7 Å². The van der Waals surface area contributed by atoms with Crippen molar-refractivity contribution in [1.29, 1.82) is 0 Å². The van der Waals surface area contributed by atoms with Gasteiger partial charge >= 0.3 is 12.2 Å². The van der Waals surface area contributed by atoms with Gasteiger partial charge < -0.3 is 21.5 Å². The van der Waals surface area contributed by atoms with Crippen molar-refractivity contribution in [2.45, 2.75) is 37.6 Å². The summed E-state index contributed by atoms with van der Waals surface area (Å²) in [5.74, 6) is 5.10. The van der Waals surface area contributed by atoms with Crippen molar-refractivity contribution in [2.75, 3.05) is 11.1 Å². The molecule has 156 valence electrons. The summed E-state index contributed by atoms with van der Waals surface area (Å²) in [7, 11) is 0. The van der Waals surface area contributed by atoms with Crippen LogP contribution in [0.1, 0.15) is 35.2 Å². The van der Waals surface area contributed by atoms with Gasteiger partial charge in [0.1, 0.15) is 5.82 Å². The average Bonchev–Trinajstić information content (AvgIpc) is 3.49. The lowest BCUT2D eigenvalue weighted by atomic mass is 9.85. The molecular weight excluding hydrogens is 397 g/mol. The van der Waals surface area contributed by atoms with E-state index in [9.17, 15) is 23.1 Å². The first kappa shape index (κ1) is 20.0. The van der Waals surface area contributed by atoms with E-state index in [1.807, 2.05) is 5.32 Å². The monoisotopic (exact) mass is 416 g/mol. The topological polar surface area (TPSA) is 100 Å². The standard InChI is InChI=1S/C21H19F3N4O2/c22-21(23,24)20(8-7-12-1-2-12)16-6-3-13(10-17(16)27-19(30)28-20)9-15-5-4-14(11-29)18(25)26-15/h3-6,10,12,29H,1-2,9,11H2,(H2,25,26)(H2,27,28,30)/t20-/m0/s1. The molecule has 1 aromatic carbocycles. The minimum Gasteiger partial charge on any atom is -0.392 e. The molecule has 2 aromatic rings. The van der Waals surface area contributed by atoms with Gasteiger partial charge in [0, 0.05) is 34.8 Å². The number of nitrogens with two attached hydrogens (primary N) is 1. The zero-order chi connectivity index (χ0) is 21.5. The second kappa shape index (κ2) is 7.22. The summed E-state index contributed by atoms with van der Waals surface area (Å²) in [6, 6.07) is 6.74. The van der Waals surface area contributed by atoms with E-state index in [-0.39, 0.29) is 29.6 Å². The van der Waals surface area contributed by atoms with E-state index in [2.05, 4.69) is 22.1 Å². The maximum atomic E-state index is 14.1. The molecule has 1 aliphatic heterocycles. The van der Waals surface area contributed by atoms with Crippen LogP contribution in [-0.4, -0.2) is 22.3 Å². The number of rotatable bonds is 3. The lowest BCUT2D eigenvalue weighted by Gasteiger charge is -2.37. The smallest absolute Gasteiger partial charge is 0.392 e. The number of hydrogen-bond acceptors (Lipinski definition) is 4. The highest BCUT2D eigenvalue weighted by Crippen LogP contribution is 2.44. The van der Waals surface area contributed by atoms with E-state index >= 15 is 0 Å². The minimum absolute atomic E-state index is 0.0543.